The summed E-state index contributed by atoms with van der Waals surface area (Å²) in [6.45, 7) is 0.812. The lowest BCUT2D eigenvalue weighted by Crippen LogP contribution is -2.29. The van der Waals surface area contributed by atoms with Gasteiger partial charge in [-0.05, 0) is 44.4 Å². The van der Waals surface area contributed by atoms with E-state index in [9.17, 15) is 9.59 Å². The molecule has 0 saturated heterocycles. The highest BCUT2D eigenvalue weighted by molar-refractivity contribution is 5.81. The number of ether oxygens (including phenoxy) is 2. The summed E-state index contributed by atoms with van der Waals surface area (Å²) in [5.74, 6) is 0.272. The number of carboxylic acid groups (broad SMARTS) is 1. The van der Waals surface area contributed by atoms with Crippen LogP contribution in [0, 0.1) is 0 Å². The fourth-order valence-corrected chi connectivity index (χ4v) is 2.81. The summed E-state index contributed by atoms with van der Waals surface area (Å²) in [6.07, 6.45) is 9.58. The fourth-order valence-electron chi connectivity index (χ4n) is 2.81. The molecule has 1 aliphatic heterocycles. The highest BCUT2D eigenvalue weighted by atomic mass is 16.7. The molecule has 1 aromatic rings. The first-order valence-corrected chi connectivity index (χ1v) is 9.77. The first-order valence-electron chi connectivity index (χ1n) is 9.77. The average Bonchev–Trinajstić information content (AvgIpc) is 3.18. The van der Waals surface area contributed by atoms with E-state index in [4.69, 9.17) is 31.8 Å². The Labute approximate surface area is 166 Å². The van der Waals surface area contributed by atoms with Crippen molar-refractivity contribution in [2.24, 2.45) is 17.2 Å². The third-order valence-electron chi connectivity index (χ3n) is 4.49. The van der Waals surface area contributed by atoms with E-state index in [1.54, 1.807) is 18.2 Å². The molecule has 1 aliphatic carbocycles. The van der Waals surface area contributed by atoms with Gasteiger partial charge in [0, 0.05) is 6.04 Å². The molecule has 1 fully saturated rings. The zero-order chi connectivity index (χ0) is 20.8. The van der Waals surface area contributed by atoms with Gasteiger partial charge in [0.15, 0.2) is 17.8 Å². The lowest BCUT2D eigenvalue weighted by Gasteiger charge is -2.15. The number of rotatable bonds is 6. The minimum atomic E-state index is -0.933. The van der Waals surface area contributed by atoms with E-state index < -0.39 is 12.0 Å². The maximum absolute atomic E-state index is 10.4. The molecule has 0 bridgehead atoms. The molecule has 158 valence electrons. The van der Waals surface area contributed by atoms with Crippen molar-refractivity contribution >= 4 is 12.3 Å². The van der Waals surface area contributed by atoms with Crippen LogP contribution >= 0.6 is 0 Å². The number of nitrogens with two attached hydrogens (primary N) is 3. The summed E-state index contributed by atoms with van der Waals surface area (Å²) in [7, 11) is 0. The van der Waals surface area contributed by atoms with Crippen molar-refractivity contribution in [2.75, 3.05) is 13.3 Å². The Kier molecular flexibility index (Phi) is 11.9. The second-order valence-electron chi connectivity index (χ2n) is 6.83. The molecule has 0 unspecified atom stereocenters. The van der Waals surface area contributed by atoms with Crippen LogP contribution in [-0.4, -0.2) is 42.8 Å². The lowest BCUT2D eigenvalue weighted by atomic mass is 9.97. The van der Waals surface area contributed by atoms with Crippen LogP contribution in [0.1, 0.15) is 61.7 Å². The Balaban J connectivity index is 0.000000215. The lowest BCUT2D eigenvalue weighted by molar-refractivity contribution is -0.138. The summed E-state index contributed by atoms with van der Waals surface area (Å²) < 4.78 is 10.1. The number of carbonyl (C=O) groups excluding carboxylic acids is 1. The molecule has 2 aliphatic rings. The van der Waals surface area contributed by atoms with Gasteiger partial charge in [0.05, 0.1) is 5.56 Å². The molecular formula is C20H33N3O5. The molecule has 1 aromatic carbocycles. The van der Waals surface area contributed by atoms with Crippen molar-refractivity contribution in [1.82, 2.24) is 0 Å². The number of unbranched alkanes of at least 4 members (excludes halogenated alkanes) is 1. The normalized spacial score (nSPS) is 16.1. The second-order valence-corrected chi connectivity index (χ2v) is 6.83. The smallest absolute Gasteiger partial charge is 0.320 e. The molecule has 1 saturated carbocycles. The van der Waals surface area contributed by atoms with E-state index in [0.29, 0.717) is 36.1 Å². The Morgan fingerprint density at radius 3 is 2.46 bits per heavy atom. The average molecular weight is 396 g/mol. The molecule has 0 radical (unpaired) electrons. The second kappa shape index (κ2) is 13.9. The van der Waals surface area contributed by atoms with E-state index in [2.05, 4.69) is 0 Å². The van der Waals surface area contributed by atoms with Gasteiger partial charge < -0.3 is 31.8 Å². The topological polar surface area (TPSA) is 151 Å². The van der Waals surface area contributed by atoms with Crippen LogP contribution < -0.4 is 26.7 Å². The predicted molar refractivity (Wildman–Crippen MR) is 108 cm³/mol. The van der Waals surface area contributed by atoms with Gasteiger partial charge in [0.25, 0.3) is 0 Å². The first-order chi connectivity index (χ1) is 13.5. The van der Waals surface area contributed by atoms with Crippen LogP contribution in [0.15, 0.2) is 18.2 Å². The maximum atomic E-state index is 10.4. The van der Waals surface area contributed by atoms with Crippen LogP contribution in [-0.2, 0) is 4.79 Å². The van der Waals surface area contributed by atoms with E-state index >= 15 is 0 Å². The Morgan fingerprint density at radius 2 is 1.93 bits per heavy atom. The van der Waals surface area contributed by atoms with Crippen molar-refractivity contribution in [3.63, 3.8) is 0 Å². The monoisotopic (exact) mass is 395 g/mol. The van der Waals surface area contributed by atoms with Crippen LogP contribution in [0.25, 0.3) is 0 Å². The summed E-state index contributed by atoms with van der Waals surface area (Å²) in [6, 6.07) is 5.05. The minimum absolute atomic E-state index is 0.209. The van der Waals surface area contributed by atoms with E-state index in [1.165, 1.54) is 32.1 Å². The van der Waals surface area contributed by atoms with Crippen molar-refractivity contribution in [3.8, 4) is 11.5 Å². The SMILES string of the molecule is NC1CCCCC1.NCCCC[C@H](N)C(=O)O.O=Cc1cccc2c1OCO2. The Hall–Kier alpha value is -2.16. The van der Waals surface area contributed by atoms with E-state index in [-0.39, 0.29) is 6.79 Å². The number of aliphatic carboxylic acids is 1. The van der Waals surface area contributed by atoms with Crippen LogP contribution in [0.5, 0.6) is 11.5 Å². The standard InChI is InChI=1S/C8H6O3.C6H14N2O2.C6H13N/c9-4-6-2-1-3-7-8(6)11-5-10-7;7-4-2-1-3-5(8)6(9)10;7-6-4-2-1-3-5-6/h1-4H,5H2;5H,1-4,7-8H2,(H,9,10);6H,1-5,7H2/t;5-;/m.0./s1. The Bertz CT molecular complexity index is 591. The quantitative estimate of drug-likeness (QED) is 0.422. The van der Waals surface area contributed by atoms with E-state index in [0.717, 1.165) is 19.1 Å². The third kappa shape index (κ3) is 9.16. The molecule has 3 rings (SSSR count). The van der Waals surface area contributed by atoms with Crippen LogP contribution in [0.4, 0.5) is 0 Å². The largest absolute Gasteiger partial charge is 0.480 e. The molecule has 1 heterocycles. The minimum Gasteiger partial charge on any atom is -0.480 e. The zero-order valence-corrected chi connectivity index (χ0v) is 16.3. The number of hydrogen-bond donors (Lipinski definition) is 4. The molecule has 28 heavy (non-hydrogen) atoms. The number of benzene rings is 1. The van der Waals surface area contributed by atoms with Gasteiger partial charge in [0.1, 0.15) is 6.04 Å². The summed E-state index contributed by atoms with van der Waals surface area (Å²) >= 11 is 0. The maximum Gasteiger partial charge on any atom is 0.320 e. The summed E-state index contributed by atoms with van der Waals surface area (Å²) in [5, 5.41) is 8.33. The molecule has 7 N–H and O–H groups in total. The number of carbonyl (C=O) groups is 2. The third-order valence-corrected chi connectivity index (χ3v) is 4.49. The molecule has 8 nitrogen and oxygen atoms in total. The number of aldehydes is 1. The molecule has 0 amide bonds. The molecular weight excluding hydrogens is 362 g/mol. The molecule has 8 heteroatoms. The first kappa shape index (κ1) is 23.9. The highest BCUT2D eigenvalue weighted by Crippen LogP contribution is 2.34. The van der Waals surface area contributed by atoms with Crippen molar-refractivity contribution in [3.05, 3.63) is 23.8 Å². The van der Waals surface area contributed by atoms with Gasteiger partial charge in [-0.15, -0.1) is 0 Å². The van der Waals surface area contributed by atoms with Crippen molar-refractivity contribution in [1.29, 1.82) is 0 Å². The van der Waals surface area contributed by atoms with Gasteiger partial charge in [-0.3, -0.25) is 9.59 Å². The molecule has 0 spiro atoms. The fraction of sp³-hybridized carbons (Fsp3) is 0.600. The molecule has 0 aromatic heterocycles. The van der Waals surface area contributed by atoms with Gasteiger partial charge in [-0.25, -0.2) is 0 Å². The Morgan fingerprint density at radius 1 is 1.21 bits per heavy atom. The summed E-state index contributed by atoms with van der Waals surface area (Å²) in [4.78, 5) is 20.6. The highest BCUT2D eigenvalue weighted by Gasteiger charge is 2.16. The number of hydrogen-bond acceptors (Lipinski definition) is 7. The number of fused-ring (bicyclic) bond motifs is 1. The van der Waals surface area contributed by atoms with Gasteiger partial charge in [-0.2, -0.15) is 0 Å². The predicted octanol–water partition coefficient (Wildman–Crippen LogP) is 2.03. The van der Waals surface area contributed by atoms with Gasteiger partial charge in [-0.1, -0.05) is 31.7 Å². The van der Waals surface area contributed by atoms with Crippen molar-refractivity contribution < 1.29 is 24.2 Å². The van der Waals surface area contributed by atoms with Gasteiger partial charge >= 0.3 is 5.97 Å². The van der Waals surface area contributed by atoms with Gasteiger partial charge in [0.2, 0.25) is 6.79 Å². The molecule has 1 atom stereocenters. The summed E-state index contributed by atoms with van der Waals surface area (Å²) in [5.41, 5.74) is 16.6. The number of para-hydroxylation sites is 1. The van der Waals surface area contributed by atoms with Crippen molar-refractivity contribution in [2.45, 2.75) is 63.5 Å². The van der Waals surface area contributed by atoms with Crippen LogP contribution in [0.2, 0.25) is 0 Å². The number of carboxylic acids is 1. The van der Waals surface area contributed by atoms with Crippen LogP contribution in [0.3, 0.4) is 0 Å². The zero-order valence-electron chi connectivity index (χ0n) is 16.3. The van der Waals surface area contributed by atoms with E-state index in [1.807, 2.05) is 0 Å².